The highest BCUT2D eigenvalue weighted by Gasteiger charge is 2.14. The first-order valence-corrected chi connectivity index (χ1v) is 9.08. The maximum absolute atomic E-state index is 12.0. The van der Waals surface area contributed by atoms with E-state index in [1.54, 1.807) is 10.9 Å². The summed E-state index contributed by atoms with van der Waals surface area (Å²) in [5, 5.41) is 13.0. The summed E-state index contributed by atoms with van der Waals surface area (Å²) in [5.41, 5.74) is 1.61. The second kappa shape index (κ2) is 9.15. The topological polar surface area (TPSA) is 88.0 Å². The number of hydrogen-bond acceptors (Lipinski definition) is 4. The fourth-order valence-electron chi connectivity index (χ4n) is 3.10. The smallest absolute Gasteiger partial charge is 0.243 e. The molecular weight excluding hydrogens is 330 g/mol. The standard InChI is InChI=1S/C19H25N5O2/c25-18(7-2-15-8-11-20-12-9-15)21-14-19(26)23-16-3-5-17(6-4-16)24-13-1-10-22-24/h1,3-6,10,13,15,20H,2,7-9,11-12,14H2,(H,21,25)(H,23,26). The van der Waals surface area contributed by atoms with Crippen molar-refractivity contribution < 1.29 is 9.59 Å². The lowest BCUT2D eigenvalue weighted by Gasteiger charge is -2.22. The molecule has 7 heteroatoms. The molecule has 1 saturated heterocycles. The van der Waals surface area contributed by atoms with E-state index in [2.05, 4.69) is 21.0 Å². The Kier molecular flexibility index (Phi) is 6.38. The number of nitrogens with zero attached hydrogens (tertiary/aromatic N) is 2. The molecule has 138 valence electrons. The minimum atomic E-state index is -0.230. The third kappa shape index (κ3) is 5.42. The SMILES string of the molecule is O=C(CCC1CCNCC1)NCC(=O)Nc1ccc(-n2cccn2)cc1. The zero-order chi connectivity index (χ0) is 18.2. The van der Waals surface area contributed by atoms with Gasteiger partial charge in [-0.15, -0.1) is 0 Å². The van der Waals surface area contributed by atoms with Gasteiger partial charge in [0.05, 0.1) is 12.2 Å². The lowest BCUT2D eigenvalue weighted by Crippen LogP contribution is -2.33. The van der Waals surface area contributed by atoms with Gasteiger partial charge in [-0.05, 0) is 68.6 Å². The van der Waals surface area contributed by atoms with Crippen molar-refractivity contribution >= 4 is 17.5 Å². The van der Waals surface area contributed by atoms with Crippen LogP contribution in [-0.4, -0.2) is 41.2 Å². The van der Waals surface area contributed by atoms with Crippen LogP contribution in [0.25, 0.3) is 5.69 Å². The van der Waals surface area contributed by atoms with E-state index in [-0.39, 0.29) is 18.4 Å². The number of nitrogens with one attached hydrogen (secondary N) is 3. The van der Waals surface area contributed by atoms with Crippen LogP contribution in [0.15, 0.2) is 42.7 Å². The molecule has 0 aliphatic carbocycles. The van der Waals surface area contributed by atoms with Crippen LogP contribution in [0.3, 0.4) is 0 Å². The van der Waals surface area contributed by atoms with Crippen molar-refractivity contribution in [2.24, 2.45) is 5.92 Å². The third-order valence-electron chi connectivity index (χ3n) is 4.60. The number of anilines is 1. The Morgan fingerprint density at radius 3 is 2.62 bits per heavy atom. The van der Waals surface area contributed by atoms with Gasteiger partial charge in [0.2, 0.25) is 11.8 Å². The minimum absolute atomic E-state index is 0.00797. The molecule has 0 radical (unpaired) electrons. The molecule has 0 saturated carbocycles. The maximum atomic E-state index is 12.0. The Labute approximate surface area is 153 Å². The van der Waals surface area contributed by atoms with Crippen LogP contribution >= 0.6 is 0 Å². The first kappa shape index (κ1) is 18.1. The first-order valence-electron chi connectivity index (χ1n) is 9.08. The number of hydrogen-bond donors (Lipinski definition) is 3. The Morgan fingerprint density at radius 1 is 1.15 bits per heavy atom. The van der Waals surface area contributed by atoms with Gasteiger partial charge in [-0.25, -0.2) is 4.68 Å². The molecule has 26 heavy (non-hydrogen) atoms. The van der Waals surface area contributed by atoms with Crippen LogP contribution in [-0.2, 0) is 9.59 Å². The summed E-state index contributed by atoms with van der Waals surface area (Å²) in [4.78, 5) is 23.9. The molecule has 2 amide bonds. The molecule has 3 rings (SSSR count). The Hall–Kier alpha value is -2.67. The lowest BCUT2D eigenvalue weighted by molar-refractivity contribution is -0.124. The molecule has 2 heterocycles. The Bertz CT molecular complexity index is 706. The van der Waals surface area contributed by atoms with Gasteiger partial charge in [-0.2, -0.15) is 5.10 Å². The molecule has 3 N–H and O–H groups in total. The average molecular weight is 355 g/mol. The molecule has 0 atom stereocenters. The molecule has 7 nitrogen and oxygen atoms in total. The van der Waals surface area contributed by atoms with Gasteiger partial charge >= 0.3 is 0 Å². The van der Waals surface area contributed by atoms with Crippen LogP contribution < -0.4 is 16.0 Å². The van der Waals surface area contributed by atoms with Crippen molar-refractivity contribution in [3.8, 4) is 5.69 Å². The van der Waals surface area contributed by atoms with Crippen molar-refractivity contribution in [2.75, 3.05) is 25.0 Å². The Morgan fingerprint density at radius 2 is 1.92 bits per heavy atom. The molecule has 0 spiro atoms. The average Bonchev–Trinajstić information content (AvgIpc) is 3.21. The molecule has 1 fully saturated rings. The number of carbonyl (C=O) groups is 2. The monoisotopic (exact) mass is 355 g/mol. The van der Waals surface area contributed by atoms with Gasteiger partial charge in [-0.3, -0.25) is 9.59 Å². The second-order valence-electron chi connectivity index (χ2n) is 6.55. The van der Waals surface area contributed by atoms with Gasteiger partial charge < -0.3 is 16.0 Å². The van der Waals surface area contributed by atoms with E-state index in [0.717, 1.165) is 38.0 Å². The van der Waals surface area contributed by atoms with Crippen LogP contribution in [0.1, 0.15) is 25.7 Å². The summed E-state index contributed by atoms with van der Waals surface area (Å²) >= 11 is 0. The van der Waals surface area contributed by atoms with E-state index in [9.17, 15) is 9.59 Å². The van der Waals surface area contributed by atoms with Crippen LogP contribution in [0, 0.1) is 5.92 Å². The summed E-state index contributed by atoms with van der Waals surface area (Å²) in [7, 11) is 0. The zero-order valence-electron chi connectivity index (χ0n) is 14.8. The Balaban J connectivity index is 1.37. The van der Waals surface area contributed by atoms with E-state index in [1.807, 2.05) is 36.5 Å². The summed E-state index contributed by atoms with van der Waals surface area (Å²) in [5.74, 6) is 0.323. The number of amides is 2. The van der Waals surface area contributed by atoms with E-state index in [4.69, 9.17) is 0 Å². The van der Waals surface area contributed by atoms with Crippen LogP contribution in [0.4, 0.5) is 5.69 Å². The molecule has 1 aromatic carbocycles. The van der Waals surface area contributed by atoms with E-state index in [1.165, 1.54) is 0 Å². The number of aromatic nitrogens is 2. The minimum Gasteiger partial charge on any atom is -0.347 e. The zero-order valence-corrected chi connectivity index (χ0v) is 14.8. The molecule has 1 aliphatic heterocycles. The summed E-state index contributed by atoms with van der Waals surface area (Å²) in [6.07, 6.45) is 7.20. The highest BCUT2D eigenvalue weighted by Crippen LogP contribution is 2.17. The maximum Gasteiger partial charge on any atom is 0.243 e. The van der Waals surface area contributed by atoms with Gasteiger partial charge in [0.25, 0.3) is 0 Å². The molecule has 1 aliphatic rings. The van der Waals surface area contributed by atoms with Gasteiger partial charge in [-0.1, -0.05) is 0 Å². The number of benzene rings is 1. The quantitative estimate of drug-likeness (QED) is 0.705. The molecule has 2 aromatic rings. The second-order valence-corrected chi connectivity index (χ2v) is 6.55. The summed E-state index contributed by atoms with van der Waals surface area (Å²) < 4.78 is 1.74. The van der Waals surface area contributed by atoms with Crippen molar-refractivity contribution in [1.29, 1.82) is 0 Å². The summed E-state index contributed by atoms with van der Waals surface area (Å²) in [6.45, 7) is 2.06. The normalized spacial score (nSPS) is 14.8. The summed E-state index contributed by atoms with van der Waals surface area (Å²) in [6, 6.07) is 9.23. The van der Waals surface area contributed by atoms with Gasteiger partial charge in [0.15, 0.2) is 0 Å². The van der Waals surface area contributed by atoms with Crippen LogP contribution in [0.2, 0.25) is 0 Å². The predicted molar refractivity (Wildman–Crippen MR) is 100 cm³/mol. The van der Waals surface area contributed by atoms with Crippen molar-refractivity contribution in [3.05, 3.63) is 42.7 Å². The molecule has 1 aromatic heterocycles. The van der Waals surface area contributed by atoms with E-state index in [0.29, 0.717) is 18.0 Å². The largest absolute Gasteiger partial charge is 0.347 e. The van der Waals surface area contributed by atoms with Gasteiger partial charge in [0.1, 0.15) is 0 Å². The van der Waals surface area contributed by atoms with Crippen molar-refractivity contribution in [3.63, 3.8) is 0 Å². The highest BCUT2D eigenvalue weighted by molar-refractivity contribution is 5.94. The van der Waals surface area contributed by atoms with Gasteiger partial charge in [0, 0.05) is 24.5 Å². The van der Waals surface area contributed by atoms with Crippen molar-refractivity contribution in [1.82, 2.24) is 20.4 Å². The van der Waals surface area contributed by atoms with E-state index < -0.39 is 0 Å². The van der Waals surface area contributed by atoms with E-state index >= 15 is 0 Å². The van der Waals surface area contributed by atoms with Crippen molar-refractivity contribution in [2.45, 2.75) is 25.7 Å². The molecular formula is C19H25N5O2. The number of carbonyl (C=O) groups excluding carboxylic acids is 2. The fraction of sp³-hybridized carbons (Fsp3) is 0.421. The third-order valence-corrected chi connectivity index (χ3v) is 4.60. The lowest BCUT2D eigenvalue weighted by atomic mass is 9.93. The fourth-order valence-corrected chi connectivity index (χ4v) is 3.10. The number of rotatable bonds is 7. The number of piperidine rings is 1. The first-order chi connectivity index (χ1) is 12.7. The molecule has 0 bridgehead atoms. The highest BCUT2D eigenvalue weighted by atomic mass is 16.2. The van der Waals surface area contributed by atoms with Crippen LogP contribution in [0.5, 0.6) is 0 Å². The molecule has 0 unspecified atom stereocenters. The predicted octanol–water partition coefficient (Wildman–Crippen LogP) is 1.71.